The average Bonchev–Trinajstić information content (AvgIpc) is 2.87. The molecule has 2 aromatic rings. The van der Waals surface area contributed by atoms with Crippen molar-refractivity contribution in [1.29, 1.82) is 0 Å². The number of nitrogens with two attached hydrogens (primary N) is 1. The van der Waals surface area contributed by atoms with Gasteiger partial charge in [-0.1, -0.05) is 11.6 Å². The van der Waals surface area contributed by atoms with Crippen molar-refractivity contribution < 1.29 is 9.15 Å². The molecular weight excluding hydrogens is 298 g/mol. The first-order valence-electron chi connectivity index (χ1n) is 5.62. The molecule has 1 heterocycles. The highest BCUT2D eigenvalue weighted by molar-refractivity contribution is 7.80. The van der Waals surface area contributed by atoms with E-state index in [0.29, 0.717) is 22.3 Å². The second-order valence-electron chi connectivity index (χ2n) is 3.78. The highest BCUT2D eigenvalue weighted by atomic mass is 35.5. The Morgan fingerprint density at radius 3 is 2.95 bits per heavy atom. The van der Waals surface area contributed by atoms with E-state index in [1.54, 1.807) is 37.4 Å². The van der Waals surface area contributed by atoms with E-state index < -0.39 is 0 Å². The van der Waals surface area contributed by atoms with E-state index >= 15 is 0 Å². The number of hydrogen-bond donors (Lipinski definition) is 2. The summed E-state index contributed by atoms with van der Waals surface area (Å²) in [5.74, 6) is 1.85. The van der Waals surface area contributed by atoms with Gasteiger partial charge in [0, 0.05) is 5.02 Å². The smallest absolute Gasteiger partial charge is 0.184 e. The van der Waals surface area contributed by atoms with Gasteiger partial charge in [0.05, 0.1) is 18.9 Å². The van der Waals surface area contributed by atoms with Crippen LogP contribution in [0.1, 0.15) is 5.76 Å². The van der Waals surface area contributed by atoms with Gasteiger partial charge in [-0.05, 0) is 42.5 Å². The van der Waals surface area contributed by atoms with E-state index in [9.17, 15) is 0 Å². The molecule has 1 aromatic heterocycles. The van der Waals surface area contributed by atoms with Gasteiger partial charge in [-0.3, -0.25) is 5.43 Å². The largest absolute Gasteiger partial charge is 0.496 e. The predicted octanol–water partition coefficient (Wildman–Crippen LogP) is 2.78. The minimum Gasteiger partial charge on any atom is -0.496 e. The Morgan fingerprint density at radius 1 is 1.45 bits per heavy atom. The first-order chi connectivity index (χ1) is 9.60. The molecule has 0 amide bonds. The molecule has 0 saturated heterocycles. The zero-order valence-corrected chi connectivity index (χ0v) is 12.2. The molecule has 0 fully saturated rings. The van der Waals surface area contributed by atoms with Gasteiger partial charge in [0.1, 0.15) is 17.3 Å². The molecule has 0 radical (unpaired) electrons. The van der Waals surface area contributed by atoms with Gasteiger partial charge in [-0.25, -0.2) is 0 Å². The summed E-state index contributed by atoms with van der Waals surface area (Å²) >= 11 is 10.6. The number of halogens is 1. The zero-order chi connectivity index (χ0) is 14.5. The molecule has 104 valence electrons. The number of nitrogens with one attached hydrogen (secondary N) is 1. The molecule has 0 spiro atoms. The van der Waals surface area contributed by atoms with Crippen molar-refractivity contribution in [1.82, 2.24) is 5.43 Å². The maximum absolute atomic E-state index is 5.99. The molecule has 0 bridgehead atoms. The van der Waals surface area contributed by atoms with E-state index in [1.807, 2.05) is 0 Å². The summed E-state index contributed by atoms with van der Waals surface area (Å²) < 4.78 is 10.9. The highest BCUT2D eigenvalue weighted by Crippen LogP contribution is 2.33. The van der Waals surface area contributed by atoms with Gasteiger partial charge in [-0.2, -0.15) is 5.10 Å². The lowest BCUT2D eigenvalue weighted by Gasteiger charge is -2.06. The Hall–Kier alpha value is -2.05. The van der Waals surface area contributed by atoms with Crippen LogP contribution in [0, 0.1) is 0 Å². The van der Waals surface area contributed by atoms with Crippen LogP contribution in [0.4, 0.5) is 0 Å². The van der Waals surface area contributed by atoms with Gasteiger partial charge in [0.15, 0.2) is 5.11 Å². The summed E-state index contributed by atoms with van der Waals surface area (Å²) in [5, 5.41) is 4.50. The van der Waals surface area contributed by atoms with Gasteiger partial charge in [0.2, 0.25) is 0 Å². The fourth-order valence-corrected chi connectivity index (χ4v) is 1.82. The topological polar surface area (TPSA) is 72.8 Å². The van der Waals surface area contributed by atoms with E-state index in [-0.39, 0.29) is 5.11 Å². The third kappa shape index (κ3) is 3.49. The van der Waals surface area contributed by atoms with Crippen molar-refractivity contribution in [2.24, 2.45) is 10.8 Å². The number of hydrogen-bond acceptors (Lipinski definition) is 4. The number of benzene rings is 1. The molecule has 3 N–H and O–H groups in total. The lowest BCUT2D eigenvalue weighted by molar-refractivity contribution is 0.414. The van der Waals surface area contributed by atoms with Gasteiger partial charge >= 0.3 is 0 Å². The number of nitrogens with zero attached hydrogens (tertiary/aromatic N) is 1. The van der Waals surface area contributed by atoms with Crippen molar-refractivity contribution in [3.8, 4) is 17.1 Å². The zero-order valence-electron chi connectivity index (χ0n) is 10.6. The maximum Gasteiger partial charge on any atom is 0.184 e. The van der Waals surface area contributed by atoms with Crippen LogP contribution < -0.4 is 15.9 Å². The monoisotopic (exact) mass is 309 g/mol. The van der Waals surface area contributed by atoms with Crippen LogP contribution in [0.15, 0.2) is 39.9 Å². The minimum atomic E-state index is 0.0875. The van der Waals surface area contributed by atoms with Crippen molar-refractivity contribution >= 4 is 35.1 Å². The molecule has 0 unspecified atom stereocenters. The Labute approximate surface area is 126 Å². The van der Waals surface area contributed by atoms with Crippen LogP contribution in [-0.2, 0) is 0 Å². The number of hydrazone groups is 1. The lowest BCUT2D eigenvalue weighted by atomic mass is 10.1. The number of thiocarbonyl (C=S) groups is 1. The Morgan fingerprint density at radius 2 is 2.25 bits per heavy atom. The van der Waals surface area contributed by atoms with E-state index in [0.717, 1.165) is 5.56 Å². The minimum absolute atomic E-state index is 0.0875. The molecule has 0 aliphatic rings. The lowest BCUT2D eigenvalue weighted by Crippen LogP contribution is -2.23. The standard InChI is InChI=1S/C13H12ClN3O2S/c1-18-11-4-2-8(14)6-10(11)12-5-3-9(19-12)7-16-17-13(15)20/h2-7H,1H3,(H3,15,17,20)/b16-7+. The van der Waals surface area contributed by atoms with E-state index in [4.69, 9.17) is 26.5 Å². The number of methoxy groups -OCH3 is 1. The van der Waals surface area contributed by atoms with Gasteiger partial charge < -0.3 is 14.9 Å². The molecule has 0 aliphatic heterocycles. The second-order valence-corrected chi connectivity index (χ2v) is 4.66. The fourth-order valence-electron chi connectivity index (χ4n) is 1.60. The third-order valence-corrected chi connectivity index (χ3v) is 2.75. The summed E-state index contributed by atoms with van der Waals surface area (Å²) in [4.78, 5) is 0. The summed E-state index contributed by atoms with van der Waals surface area (Å²) in [5.41, 5.74) is 8.47. The summed E-state index contributed by atoms with van der Waals surface area (Å²) in [6.45, 7) is 0. The Balaban J connectivity index is 2.26. The molecule has 7 heteroatoms. The predicted molar refractivity (Wildman–Crippen MR) is 83.2 cm³/mol. The Kier molecular flexibility index (Phi) is 4.60. The first-order valence-corrected chi connectivity index (χ1v) is 6.41. The fraction of sp³-hybridized carbons (Fsp3) is 0.0769. The number of furan rings is 1. The van der Waals surface area contributed by atoms with Crippen LogP contribution >= 0.6 is 23.8 Å². The molecule has 20 heavy (non-hydrogen) atoms. The van der Waals surface area contributed by atoms with E-state index in [2.05, 4.69) is 22.7 Å². The average molecular weight is 310 g/mol. The summed E-state index contributed by atoms with van der Waals surface area (Å²) in [6.07, 6.45) is 1.47. The van der Waals surface area contributed by atoms with Crippen LogP contribution in [0.5, 0.6) is 5.75 Å². The highest BCUT2D eigenvalue weighted by Gasteiger charge is 2.10. The van der Waals surface area contributed by atoms with Gasteiger partial charge in [0.25, 0.3) is 0 Å². The van der Waals surface area contributed by atoms with Crippen molar-refractivity contribution in [2.75, 3.05) is 7.11 Å². The van der Waals surface area contributed by atoms with E-state index in [1.165, 1.54) is 6.21 Å². The van der Waals surface area contributed by atoms with Crippen LogP contribution in [-0.4, -0.2) is 18.4 Å². The van der Waals surface area contributed by atoms with Crippen LogP contribution in [0.3, 0.4) is 0 Å². The molecule has 0 saturated carbocycles. The first kappa shape index (κ1) is 14.4. The van der Waals surface area contributed by atoms with Crippen LogP contribution in [0.2, 0.25) is 5.02 Å². The molecule has 0 aliphatic carbocycles. The molecule has 2 rings (SSSR count). The van der Waals surface area contributed by atoms with Crippen molar-refractivity contribution in [2.45, 2.75) is 0 Å². The molecule has 0 atom stereocenters. The van der Waals surface area contributed by atoms with Crippen molar-refractivity contribution in [3.05, 3.63) is 41.1 Å². The van der Waals surface area contributed by atoms with Gasteiger partial charge in [-0.15, -0.1) is 0 Å². The van der Waals surface area contributed by atoms with Crippen molar-refractivity contribution in [3.63, 3.8) is 0 Å². The molecule has 1 aromatic carbocycles. The molecule has 5 nitrogen and oxygen atoms in total. The quantitative estimate of drug-likeness (QED) is 0.516. The normalized spacial score (nSPS) is 10.7. The number of ether oxygens (including phenoxy) is 1. The second kappa shape index (κ2) is 6.40. The number of rotatable bonds is 4. The maximum atomic E-state index is 5.99. The summed E-state index contributed by atoms with van der Waals surface area (Å²) in [7, 11) is 1.59. The summed E-state index contributed by atoms with van der Waals surface area (Å²) in [6, 6.07) is 8.87. The SMILES string of the molecule is COc1ccc(Cl)cc1-c1ccc(/C=N/NC(N)=S)o1. The third-order valence-electron chi connectivity index (χ3n) is 2.42. The Bertz CT molecular complexity index is 655. The molecular formula is C13H12ClN3O2S. The van der Waals surface area contributed by atoms with Crippen LogP contribution in [0.25, 0.3) is 11.3 Å².